The number of nitrogens with zero attached hydrogens (tertiary/aromatic N) is 1. The van der Waals surface area contributed by atoms with Crippen LogP contribution in [0.2, 0.25) is 0 Å². The highest BCUT2D eigenvalue weighted by molar-refractivity contribution is 6.48. The third kappa shape index (κ3) is 7.68. The number of benzene rings is 2. The van der Waals surface area contributed by atoms with E-state index in [2.05, 4.69) is 57.2 Å². The maximum Gasteiger partial charge on any atom is 0.335 e. The topological polar surface area (TPSA) is 88.0 Å². The van der Waals surface area contributed by atoms with Gasteiger partial charge in [0.15, 0.2) is 5.71 Å². The average Bonchev–Trinajstić information content (AvgIpc) is 2.88. The summed E-state index contributed by atoms with van der Waals surface area (Å²) in [6.07, 6.45) is 10.4. The number of aromatic carboxylic acids is 1. The first kappa shape index (κ1) is 29.4. The number of carbonyl (C=O) groups is 2. The van der Waals surface area contributed by atoms with Crippen molar-refractivity contribution in [2.24, 2.45) is 5.16 Å². The Hall–Kier alpha value is -3.15. The second kappa shape index (κ2) is 13.1. The van der Waals surface area contributed by atoms with Crippen molar-refractivity contribution in [3.05, 3.63) is 64.7 Å². The largest absolute Gasteiger partial charge is 0.478 e. The minimum atomic E-state index is -1.01. The zero-order valence-corrected chi connectivity index (χ0v) is 23.7. The normalized spacial score (nSPS) is 16.0. The highest BCUT2D eigenvalue weighted by atomic mass is 16.6. The highest BCUT2D eigenvalue weighted by Gasteiger charge is 2.37. The van der Waals surface area contributed by atoms with Crippen LogP contribution in [0.3, 0.4) is 0 Å². The molecule has 6 nitrogen and oxygen atoms in total. The minimum absolute atomic E-state index is 0.00620. The van der Waals surface area contributed by atoms with Gasteiger partial charge in [-0.05, 0) is 78.0 Å². The average molecular weight is 521 g/mol. The molecule has 0 atom stereocenters. The summed E-state index contributed by atoms with van der Waals surface area (Å²) < 4.78 is 0. The number of rotatable bonds is 13. The van der Waals surface area contributed by atoms with E-state index in [1.807, 2.05) is 6.07 Å². The smallest absolute Gasteiger partial charge is 0.335 e. The van der Waals surface area contributed by atoms with Gasteiger partial charge in [0.25, 0.3) is 5.91 Å². The molecule has 0 unspecified atom stereocenters. The van der Waals surface area contributed by atoms with Crippen molar-refractivity contribution in [3.63, 3.8) is 0 Å². The molecular weight excluding hydrogens is 476 g/mol. The van der Waals surface area contributed by atoms with E-state index in [-0.39, 0.29) is 28.0 Å². The fourth-order valence-electron chi connectivity index (χ4n) is 5.08. The standard InChI is InChI=1S/C32H44N2O4/c1-6-7-8-9-10-11-12-21-38-34-28(29(35)33-25-16-13-23(14-17-25)30(36)37)24-15-18-26-27(22-24)32(4,5)20-19-31(26,2)3/h13-18,22H,6-12,19-21H2,1-5H3,(H,33,35)(H,36,37)/b34-28+. The molecule has 1 aliphatic rings. The molecule has 0 bridgehead atoms. The molecule has 206 valence electrons. The van der Waals surface area contributed by atoms with Crippen LogP contribution in [-0.2, 0) is 20.5 Å². The first-order chi connectivity index (χ1) is 18.0. The van der Waals surface area contributed by atoms with E-state index < -0.39 is 5.97 Å². The van der Waals surface area contributed by atoms with Crippen LogP contribution in [-0.4, -0.2) is 29.3 Å². The Kier molecular flexibility index (Phi) is 10.1. The third-order valence-corrected chi connectivity index (χ3v) is 7.73. The fourth-order valence-corrected chi connectivity index (χ4v) is 5.08. The number of carboxylic acids is 1. The Morgan fingerprint density at radius 1 is 0.842 bits per heavy atom. The van der Waals surface area contributed by atoms with Crippen molar-refractivity contribution in [2.45, 2.75) is 103 Å². The van der Waals surface area contributed by atoms with Gasteiger partial charge in [-0.3, -0.25) is 4.79 Å². The Bertz CT molecular complexity index is 1130. The lowest BCUT2D eigenvalue weighted by Crippen LogP contribution is -2.34. The first-order valence-electron chi connectivity index (χ1n) is 14.1. The zero-order valence-electron chi connectivity index (χ0n) is 23.7. The van der Waals surface area contributed by atoms with Gasteiger partial charge in [-0.1, -0.05) is 84.0 Å². The van der Waals surface area contributed by atoms with Crippen LogP contribution >= 0.6 is 0 Å². The highest BCUT2D eigenvalue weighted by Crippen LogP contribution is 2.46. The van der Waals surface area contributed by atoms with Gasteiger partial charge in [-0.15, -0.1) is 0 Å². The molecule has 2 aromatic carbocycles. The van der Waals surface area contributed by atoms with Gasteiger partial charge in [0, 0.05) is 11.3 Å². The van der Waals surface area contributed by atoms with Crippen LogP contribution < -0.4 is 5.32 Å². The summed E-state index contributed by atoms with van der Waals surface area (Å²) in [6, 6.07) is 12.3. The van der Waals surface area contributed by atoms with Gasteiger partial charge >= 0.3 is 5.97 Å². The van der Waals surface area contributed by atoms with Gasteiger partial charge in [0.1, 0.15) is 6.61 Å². The van der Waals surface area contributed by atoms with Gasteiger partial charge in [-0.25, -0.2) is 4.79 Å². The van der Waals surface area contributed by atoms with Crippen molar-refractivity contribution >= 4 is 23.3 Å². The van der Waals surface area contributed by atoms with E-state index in [9.17, 15) is 9.59 Å². The number of carboxylic acid groups (broad SMARTS) is 1. The molecule has 0 radical (unpaired) electrons. The summed E-state index contributed by atoms with van der Waals surface area (Å²) in [5.41, 5.74) is 4.21. The molecule has 0 saturated carbocycles. The molecule has 0 aliphatic heterocycles. The van der Waals surface area contributed by atoms with Crippen molar-refractivity contribution in [2.75, 3.05) is 11.9 Å². The molecule has 0 saturated heterocycles. The summed E-state index contributed by atoms with van der Waals surface area (Å²) in [5.74, 6) is -1.40. The molecule has 3 rings (SSSR count). The quantitative estimate of drug-likeness (QED) is 0.160. The lowest BCUT2D eigenvalue weighted by atomic mass is 9.63. The van der Waals surface area contributed by atoms with Crippen LogP contribution in [0.5, 0.6) is 0 Å². The Balaban J connectivity index is 1.80. The molecular formula is C32H44N2O4. The summed E-state index contributed by atoms with van der Waals surface area (Å²) in [6.45, 7) is 11.7. The van der Waals surface area contributed by atoms with Gasteiger partial charge in [-0.2, -0.15) is 0 Å². The second-order valence-electron chi connectivity index (χ2n) is 11.8. The molecule has 2 aromatic rings. The molecule has 38 heavy (non-hydrogen) atoms. The Morgan fingerprint density at radius 3 is 2.05 bits per heavy atom. The van der Waals surface area contributed by atoms with Crippen molar-refractivity contribution in [1.29, 1.82) is 0 Å². The van der Waals surface area contributed by atoms with Crippen LogP contribution in [0.1, 0.15) is 119 Å². The number of fused-ring (bicyclic) bond motifs is 1. The molecule has 0 spiro atoms. The van der Waals surface area contributed by atoms with Crippen molar-refractivity contribution in [1.82, 2.24) is 0 Å². The van der Waals surface area contributed by atoms with E-state index in [0.717, 1.165) is 25.7 Å². The van der Waals surface area contributed by atoms with E-state index in [1.54, 1.807) is 12.1 Å². The number of nitrogens with one attached hydrogen (secondary N) is 1. The maximum atomic E-state index is 13.4. The van der Waals surface area contributed by atoms with E-state index in [4.69, 9.17) is 9.94 Å². The molecule has 6 heteroatoms. The molecule has 0 aromatic heterocycles. The summed E-state index contributed by atoms with van der Waals surface area (Å²) >= 11 is 0. The predicted molar refractivity (Wildman–Crippen MR) is 154 cm³/mol. The van der Waals surface area contributed by atoms with E-state index in [1.165, 1.54) is 55.4 Å². The molecule has 1 aliphatic carbocycles. The van der Waals surface area contributed by atoms with E-state index in [0.29, 0.717) is 17.9 Å². The number of oxime groups is 1. The number of anilines is 1. The predicted octanol–water partition coefficient (Wildman–Crippen LogP) is 7.84. The summed E-state index contributed by atoms with van der Waals surface area (Å²) in [5, 5.41) is 16.3. The first-order valence-corrected chi connectivity index (χ1v) is 14.1. The van der Waals surface area contributed by atoms with Crippen LogP contribution in [0.25, 0.3) is 0 Å². The van der Waals surface area contributed by atoms with Crippen LogP contribution in [0.15, 0.2) is 47.6 Å². The molecule has 0 heterocycles. The van der Waals surface area contributed by atoms with Crippen LogP contribution in [0.4, 0.5) is 5.69 Å². The molecule has 0 fully saturated rings. The number of hydrogen-bond donors (Lipinski definition) is 2. The zero-order chi connectivity index (χ0) is 27.8. The number of amides is 1. The van der Waals surface area contributed by atoms with Crippen molar-refractivity contribution < 1.29 is 19.5 Å². The van der Waals surface area contributed by atoms with Gasteiger partial charge in [0.05, 0.1) is 5.56 Å². The fraction of sp³-hybridized carbons (Fsp3) is 0.531. The van der Waals surface area contributed by atoms with E-state index >= 15 is 0 Å². The minimum Gasteiger partial charge on any atom is -0.478 e. The second-order valence-corrected chi connectivity index (χ2v) is 11.8. The summed E-state index contributed by atoms with van der Waals surface area (Å²) in [4.78, 5) is 30.3. The third-order valence-electron chi connectivity index (χ3n) is 7.73. The SMILES string of the molecule is CCCCCCCCCO/N=C(/C(=O)Nc1ccc(C(=O)O)cc1)c1ccc2c(c1)C(C)(C)CCC2(C)C. The number of carbonyl (C=O) groups excluding carboxylic acids is 1. The monoisotopic (exact) mass is 520 g/mol. The lowest BCUT2D eigenvalue weighted by Gasteiger charge is -2.42. The van der Waals surface area contributed by atoms with Gasteiger partial charge in [0.2, 0.25) is 0 Å². The summed E-state index contributed by atoms with van der Waals surface area (Å²) in [7, 11) is 0. The number of unbranched alkanes of at least 4 members (excludes halogenated alkanes) is 6. The molecule has 2 N–H and O–H groups in total. The maximum absolute atomic E-state index is 13.4. The number of hydrogen-bond acceptors (Lipinski definition) is 4. The van der Waals surface area contributed by atoms with Gasteiger partial charge < -0.3 is 15.3 Å². The Labute approximate surface area is 227 Å². The van der Waals surface area contributed by atoms with Crippen molar-refractivity contribution in [3.8, 4) is 0 Å². The molecule has 1 amide bonds. The van der Waals surface area contributed by atoms with Crippen LogP contribution in [0, 0.1) is 0 Å². The lowest BCUT2D eigenvalue weighted by molar-refractivity contribution is -0.110. The Morgan fingerprint density at radius 2 is 1.42 bits per heavy atom.